The van der Waals surface area contributed by atoms with Gasteiger partial charge in [0.05, 0.1) is 20.3 Å². The minimum Gasteiger partial charge on any atom is -0.493 e. The van der Waals surface area contributed by atoms with Gasteiger partial charge in [-0.2, -0.15) is 0 Å². The average Bonchev–Trinajstić information content (AvgIpc) is 2.72. The maximum atomic E-state index is 5.69. The molecule has 0 heterocycles. The third-order valence-electron chi connectivity index (χ3n) is 3.78. The minimum atomic E-state index is 0.558. The van der Waals surface area contributed by atoms with Gasteiger partial charge in [0.15, 0.2) is 17.5 Å². The molecule has 6 nitrogen and oxygen atoms in total. The van der Waals surface area contributed by atoms with Gasteiger partial charge in [-0.05, 0) is 36.2 Å². The topological polar surface area (TPSA) is 64.1 Å². The fourth-order valence-electron chi connectivity index (χ4n) is 2.41. The molecule has 0 saturated carbocycles. The van der Waals surface area contributed by atoms with Gasteiger partial charge in [0, 0.05) is 13.6 Å². The van der Waals surface area contributed by atoms with E-state index >= 15 is 0 Å². The highest BCUT2D eigenvalue weighted by Gasteiger charge is 2.06. The van der Waals surface area contributed by atoms with Crippen LogP contribution in [0.1, 0.15) is 18.9 Å². The Balaban J connectivity index is 1.77. The molecule has 0 amide bonds. The molecular weight excluding hydrogens is 342 g/mol. The van der Waals surface area contributed by atoms with Crippen molar-refractivity contribution in [2.75, 3.05) is 33.9 Å². The monoisotopic (exact) mass is 371 g/mol. The number of ether oxygens (including phenoxy) is 3. The van der Waals surface area contributed by atoms with Gasteiger partial charge in [0.2, 0.25) is 0 Å². The van der Waals surface area contributed by atoms with Crippen LogP contribution < -0.4 is 24.8 Å². The summed E-state index contributed by atoms with van der Waals surface area (Å²) in [5.41, 5.74) is 1.08. The van der Waals surface area contributed by atoms with Crippen molar-refractivity contribution in [3.8, 4) is 17.2 Å². The number of nitrogens with one attached hydrogen (secondary N) is 2. The van der Waals surface area contributed by atoms with Gasteiger partial charge in [-0.3, -0.25) is 4.99 Å². The lowest BCUT2D eigenvalue weighted by Crippen LogP contribution is -2.38. The van der Waals surface area contributed by atoms with Gasteiger partial charge < -0.3 is 24.8 Å². The zero-order chi connectivity index (χ0) is 19.3. The summed E-state index contributed by atoms with van der Waals surface area (Å²) in [7, 11) is 3.40. The highest BCUT2D eigenvalue weighted by atomic mass is 16.5. The van der Waals surface area contributed by atoms with E-state index in [-0.39, 0.29) is 0 Å². The molecule has 0 aliphatic rings. The molecule has 0 fully saturated rings. The second-order valence-electron chi connectivity index (χ2n) is 5.85. The van der Waals surface area contributed by atoms with Crippen molar-refractivity contribution in [1.82, 2.24) is 10.6 Å². The van der Waals surface area contributed by atoms with E-state index in [1.54, 1.807) is 14.2 Å². The van der Waals surface area contributed by atoms with Crippen LogP contribution in [0.4, 0.5) is 0 Å². The van der Waals surface area contributed by atoms with Crippen molar-refractivity contribution in [3.63, 3.8) is 0 Å². The van der Waals surface area contributed by atoms with E-state index in [9.17, 15) is 0 Å². The first kappa shape index (κ1) is 20.4. The van der Waals surface area contributed by atoms with Crippen LogP contribution in [0.2, 0.25) is 0 Å². The summed E-state index contributed by atoms with van der Waals surface area (Å²) in [6.07, 6.45) is 0.961. The normalized spacial score (nSPS) is 11.0. The lowest BCUT2D eigenvalue weighted by molar-refractivity contribution is 0.294. The Kier molecular flexibility index (Phi) is 8.83. The maximum Gasteiger partial charge on any atom is 0.191 e. The first-order valence-corrected chi connectivity index (χ1v) is 9.19. The Bertz CT molecular complexity index is 705. The van der Waals surface area contributed by atoms with Crippen LogP contribution in [0.3, 0.4) is 0 Å². The van der Waals surface area contributed by atoms with E-state index in [0.29, 0.717) is 26.3 Å². The summed E-state index contributed by atoms with van der Waals surface area (Å²) in [5.74, 6) is 3.09. The van der Waals surface area contributed by atoms with Crippen LogP contribution >= 0.6 is 0 Å². The molecule has 0 saturated heterocycles. The average molecular weight is 371 g/mol. The largest absolute Gasteiger partial charge is 0.493 e. The first-order chi connectivity index (χ1) is 13.3. The van der Waals surface area contributed by atoms with E-state index in [1.807, 2.05) is 48.5 Å². The fourth-order valence-corrected chi connectivity index (χ4v) is 2.41. The van der Waals surface area contributed by atoms with E-state index in [1.165, 1.54) is 0 Å². The Morgan fingerprint density at radius 3 is 2.48 bits per heavy atom. The number of para-hydroxylation sites is 1. The zero-order valence-corrected chi connectivity index (χ0v) is 16.3. The molecule has 2 aromatic rings. The molecule has 0 unspecified atom stereocenters. The quantitative estimate of drug-likeness (QED) is 0.381. The van der Waals surface area contributed by atoms with Gasteiger partial charge in [-0.25, -0.2) is 0 Å². The number of aliphatic imine (C=N–C) groups is 1. The Morgan fingerprint density at radius 2 is 1.78 bits per heavy atom. The Labute approximate surface area is 161 Å². The Hall–Kier alpha value is -2.89. The van der Waals surface area contributed by atoms with Crippen molar-refractivity contribution in [2.45, 2.75) is 19.9 Å². The van der Waals surface area contributed by atoms with Gasteiger partial charge in [-0.1, -0.05) is 31.2 Å². The molecule has 0 spiro atoms. The number of hydrogen-bond donors (Lipinski definition) is 2. The summed E-state index contributed by atoms with van der Waals surface area (Å²) in [5, 5.41) is 6.52. The SMILES string of the molecule is CCCOc1ccc(CNC(=NC)NCCOc2ccccc2)cc1OC. The molecule has 6 heteroatoms. The lowest BCUT2D eigenvalue weighted by Gasteiger charge is -2.14. The van der Waals surface area contributed by atoms with Crippen LogP contribution in [-0.4, -0.2) is 39.9 Å². The summed E-state index contributed by atoms with van der Waals surface area (Å²) in [4.78, 5) is 4.23. The molecule has 2 aromatic carbocycles. The van der Waals surface area contributed by atoms with Crippen molar-refractivity contribution >= 4 is 5.96 Å². The minimum absolute atomic E-state index is 0.558. The van der Waals surface area contributed by atoms with E-state index in [2.05, 4.69) is 22.5 Å². The fraction of sp³-hybridized carbons (Fsp3) is 0.381. The second kappa shape index (κ2) is 11.7. The number of hydrogen-bond acceptors (Lipinski definition) is 4. The predicted octanol–water partition coefficient (Wildman–Crippen LogP) is 3.23. The van der Waals surface area contributed by atoms with Crippen molar-refractivity contribution < 1.29 is 14.2 Å². The second-order valence-corrected chi connectivity index (χ2v) is 5.85. The molecule has 0 radical (unpaired) electrons. The van der Waals surface area contributed by atoms with Crippen LogP contribution in [0.5, 0.6) is 17.2 Å². The molecule has 0 aliphatic heterocycles. The lowest BCUT2D eigenvalue weighted by atomic mass is 10.2. The summed E-state index contributed by atoms with van der Waals surface area (Å²) < 4.78 is 16.8. The van der Waals surface area contributed by atoms with Crippen molar-refractivity contribution in [1.29, 1.82) is 0 Å². The maximum absolute atomic E-state index is 5.69. The van der Waals surface area contributed by atoms with E-state index in [0.717, 1.165) is 35.2 Å². The van der Waals surface area contributed by atoms with Crippen LogP contribution in [0, 0.1) is 0 Å². The Morgan fingerprint density at radius 1 is 0.963 bits per heavy atom. The first-order valence-electron chi connectivity index (χ1n) is 9.19. The predicted molar refractivity (Wildman–Crippen MR) is 109 cm³/mol. The number of guanidine groups is 1. The van der Waals surface area contributed by atoms with Crippen LogP contribution in [0.25, 0.3) is 0 Å². The molecule has 2 rings (SSSR count). The number of methoxy groups -OCH3 is 1. The molecular formula is C21H29N3O3. The van der Waals surface area contributed by atoms with Gasteiger partial charge >= 0.3 is 0 Å². The van der Waals surface area contributed by atoms with E-state index < -0.39 is 0 Å². The molecule has 27 heavy (non-hydrogen) atoms. The summed E-state index contributed by atoms with van der Waals surface area (Å²) in [6, 6.07) is 15.7. The summed E-state index contributed by atoms with van der Waals surface area (Å²) >= 11 is 0. The molecule has 0 atom stereocenters. The third-order valence-corrected chi connectivity index (χ3v) is 3.78. The highest BCUT2D eigenvalue weighted by molar-refractivity contribution is 5.79. The van der Waals surface area contributed by atoms with Gasteiger partial charge in [0.1, 0.15) is 12.4 Å². The molecule has 0 aromatic heterocycles. The smallest absolute Gasteiger partial charge is 0.191 e. The molecule has 146 valence electrons. The van der Waals surface area contributed by atoms with Gasteiger partial charge in [0.25, 0.3) is 0 Å². The van der Waals surface area contributed by atoms with Crippen molar-refractivity contribution in [2.24, 2.45) is 4.99 Å². The molecule has 0 bridgehead atoms. The molecule has 2 N–H and O–H groups in total. The van der Waals surface area contributed by atoms with Crippen molar-refractivity contribution in [3.05, 3.63) is 54.1 Å². The standard InChI is InChI=1S/C21H29N3O3/c1-4-13-27-19-11-10-17(15-20(19)25-3)16-24-21(22-2)23-12-14-26-18-8-6-5-7-9-18/h5-11,15H,4,12-14,16H2,1-3H3,(H2,22,23,24). The van der Waals surface area contributed by atoms with E-state index in [4.69, 9.17) is 14.2 Å². The number of nitrogens with zero attached hydrogens (tertiary/aromatic N) is 1. The zero-order valence-electron chi connectivity index (χ0n) is 16.3. The molecule has 0 aliphatic carbocycles. The van der Waals surface area contributed by atoms with Crippen LogP contribution in [0.15, 0.2) is 53.5 Å². The number of benzene rings is 2. The van der Waals surface area contributed by atoms with Gasteiger partial charge in [-0.15, -0.1) is 0 Å². The summed E-state index contributed by atoms with van der Waals surface area (Å²) in [6.45, 7) is 4.59. The third kappa shape index (κ3) is 7.09. The highest BCUT2D eigenvalue weighted by Crippen LogP contribution is 2.28. The van der Waals surface area contributed by atoms with Crippen LogP contribution in [-0.2, 0) is 6.54 Å². The number of rotatable bonds is 10.